The minimum Gasteiger partial charge on any atom is -0.352 e. The lowest BCUT2D eigenvalue weighted by Crippen LogP contribution is -2.25. The number of aryl methyl sites for hydroxylation is 4. The number of carbonyl (C=O) groups is 1. The van der Waals surface area contributed by atoms with Crippen molar-refractivity contribution in [3.05, 3.63) is 70.3 Å². The van der Waals surface area contributed by atoms with Crippen molar-refractivity contribution in [3.8, 4) is 0 Å². The maximum absolute atomic E-state index is 12.7. The molecule has 2 aromatic heterocycles. The van der Waals surface area contributed by atoms with E-state index in [1.807, 2.05) is 42.8 Å². The lowest BCUT2D eigenvalue weighted by atomic mass is 10.1. The first kappa shape index (κ1) is 21.6. The smallest absolute Gasteiger partial charge is 0.352 e. The van der Waals surface area contributed by atoms with Crippen molar-refractivity contribution >= 4 is 5.91 Å². The number of aromatic nitrogens is 4. The van der Waals surface area contributed by atoms with E-state index in [2.05, 4.69) is 15.5 Å². The molecule has 0 spiro atoms. The molecule has 1 N–H and O–H groups in total. The second kappa shape index (κ2) is 8.73. The Morgan fingerprint density at radius 3 is 2.40 bits per heavy atom. The van der Waals surface area contributed by atoms with E-state index in [0.717, 1.165) is 23.0 Å². The van der Waals surface area contributed by atoms with E-state index >= 15 is 0 Å². The number of alkyl halides is 3. The highest BCUT2D eigenvalue weighted by Gasteiger charge is 2.34. The number of rotatable bonds is 7. The maximum Gasteiger partial charge on any atom is 0.435 e. The van der Waals surface area contributed by atoms with Crippen LogP contribution in [0.3, 0.4) is 0 Å². The van der Waals surface area contributed by atoms with Crippen LogP contribution in [0.5, 0.6) is 0 Å². The van der Waals surface area contributed by atoms with Crippen LogP contribution in [0.2, 0.25) is 0 Å². The molecule has 0 saturated carbocycles. The fourth-order valence-electron chi connectivity index (χ4n) is 3.23. The Morgan fingerprint density at radius 2 is 1.77 bits per heavy atom. The Hall–Kier alpha value is -3.10. The van der Waals surface area contributed by atoms with Crippen molar-refractivity contribution in [2.24, 2.45) is 0 Å². The highest BCUT2D eigenvalue weighted by Crippen LogP contribution is 2.28. The summed E-state index contributed by atoms with van der Waals surface area (Å²) in [6.45, 7) is 6.69. The Balaban J connectivity index is 1.53. The van der Waals surface area contributed by atoms with Crippen LogP contribution in [0.4, 0.5) is 13.2 Å². The first-order chi connectivity index (χ1) is 14.1. The standard InChI is InChI=1S/C21H24F3N5O/c1-14-10-15(2)29(26-14)13-17-6-4-7-18(12-17)20(30)25-8-5-9-28-16(3)11-19(27-28)21(22,23)24/h4,6-7,10-12H,5,8-9,13H2,1-3H3,(H,25,30). The molecule has 160 valence electrons. The first-order valence-electron chi connectivity index (χ1n) is 9.63. The molecule has 0 aliphatic carbocycles. The molecule has 3 rings (SSSR count). The molecule has 1 aromatic carbocycles. The molecule has 30 heavy (non-hydrogen) atoms. The predicted octanol–water partition coefficient (Wildman–Crippen LogP) is 3.89. The zero-order chi connectivity index (χ0) is 21.9. The van der Waals surface area contributed by atoms with Gasteiger partial charge in [0.2, 0.25) is 0 Å². The molecule has 0 bridgehead atoms. The second-order valence-electron chi connectivity index (χ2n) is 7.29. The average molecular weight is 419 g/mol. The maximum atomic E-state index is 12.7. The van der Waals surface area contributed by atoms with E-state index in [1.165, 1.54) is 4.68 Å². The van der Waals surface area contributed by atoms with Crippen molar-refractivity contribution in [3.63, 3.8) is 0 Å². The van der Waals surface area contributed by atoms with Gasteiger partial charge >= 0.3 is 6.18 Å². The fraction of sp³-hybridized carbons (Fsp3) is 0.381. The molecule has 6 nitrogen and oxygen atoms in total. The monoisotopic (exact) mass is 419 g/mol. The van der Waals surface area contributed by atoms with Gasteiger partial charge in [0, 0.05) is 30.0 Å². The summed E-state index contributed by atoms with van der Waals surface area (Å²) < 4.78 is 41.3. The van der Waals surface area contributed by atoms with Crippen molar-refractivity contribution < 1.29 is 18.0 Å². The summed E-state index contributed by atoms with van der Waals surface area (Å²) in [5.74, 6) is -0.224. The predicted molar refractivity (Wildman–Crippen MR) is 106 cm³/mol. The largest absolute Gasteiger partial charge is 0.435 e. The van der Waals surface area contributed by atoms with Gasteiger partial charge < -0.3 is 5.32 Å². The number of hydrogen-bond donors (Lipinski definition) is 1. The molecule has 0 unspecified atom stereocenters. The molecule has 0 fully saturated rings. The normalized spacial score (nSPS) is 11.7. The summed E-state index contributed by atoms with van der Waals surface area (Å²) in [5, 5.41) is 10.8. The van der Waals surface area contributed by atoms with Crippen molar-refractivity contribution in [2.45, 2.75) is 46.5 Å². The van der Waals surface area contributed by atoms with Gasteiger partial charge in [-0.1, -0.05) is 12.1 Å². The Kier molecular flexibility index (Phi) is 6.28. The molecule has 0 radical (unpaired) electrons. The first-order valence-corrected chi connectivity index (χ1v) is 9.63. The van der Waals surface area contributed by atoms with Gasteiger partial charge in [0.05, 0.1) is 12.2 Å². The van der Waals surface area contributed by atoms with Crippen LogP contribution >= 0.6 is 0 Å². The van der Waals surface area contributed by atoms with E-state index in [-0.39, 0.29) is 5.91 Å². The van der Waals surface area contributed by atoms with Gasteiger partial charge in [0.1, 0.15) is 0 Å². The minimum atomic E-state index is -4.46. The number of amides is 1. The van der Waals surface area contributed by atoms with E-state index < -0.39 is 11.9 Å². The molecule has 0 aliphatic rings. The third kappa shape index (κ3) is 5.28. The Labute approximate surface area is 172 Å². The molecular formula is C21H24F3N5O. The summed E-state index contributed by atoms with van der Waals surface area (Å²) >= 11 is 0. The number of hydrogen-bond acceptors (Lipinski definition) is 3. The summed E-state index contributed by atoms with van der Waals surface area (Å²) in [4.78, 5) is 12.4. The third-order valence-corrected chi connectivity index (χ3v) is 4.73. The lowest BCUT2D eigenvalue weighted by molar-refractivity contribution is -0.141. The fourth-order valence-corrected chi connectivity index (χ4v) is 3.23. The SMILES string of the molecule is Cc1cc(C)n(Cc2cccc(C(=O)NCCCn3nc(C(F)(F)F)cc3C)c2)n1. The summed E-state index contributed by atoms with van der Waals surface area (Å²) in [5.41, 5.74) is 3.01. The van der Waals surface area contributed by atoms with Crippen LogP contribution in [0, 0.1) is 20.8 Å². The van der Waals surface area contributed by atoms with Gasteiger partial charge in [-0.15, -0.1) is 0 Å². The third-order valence-electron chi connectivity index (χ3n) is 4.73. The molecule has 1 amide bonds. The highest BCUT2D eigenvalue weighted by atomic mass is 19.4. The van der Waals surface area contributed by atoms with Gasteiger partial charge in [-0.05, 0) is 57.0 Å². The Bertz CT molecular complexity index is 1040. The van der Waals surface area contributed by atoms with Crippen LogP contribution < -0.4 is 5.32 Å². The van der Waals surface area contributed by atoms with Crippen LogP contribution in [0.15, 0.2) is 36.4 Å². The molecule has 9 heteroatoms. The number of benzene rings is 1. The van der Waals surface area contributed by atoms with E-state index in [0.29, 0.717) is 37.3 Å². The molecule has 0 saturated heterocycles. The van der Waals surface area contributed by atoms with Gasteiger partial charge in [-0.3, -0.25) is 14.2 Å². The molecule has 3 aromatic rings. The van der Waals surface area contributed by atoms with Crippen LogP contribution in [-0.2, 0) is 19.3 Å². The molecule has 0 aliphatic heterocycles. The molecule has 2 heterocycles. The van der Waals surface area contributed by atoms with E-state index in [4.69, 9.17) is 0 Å². The summed E-state index contributed by atoms with van der Waals surface area (Å²) in [6.07, 6.45) is -3.99. The summed E-state index contributed by atoms with van der Waals surface area (Å²) in [7, 11) is 0. The van der Waals surface area contributed by atoms with Crippen LogP contribution in [-0.4, -0.2) is 32.0 Å². The topological polar surface area (TPSA) is 64.7 Å². The molecular weight excluding hydrogens is 395 g/mol. The Morgan fingerprint density at radius 1 is 1.03 bits per heavy atom. The van der Waals surface area contributed by atoms with Gasteiger partial charge in [-0.2, -0.15) is 23.4 Å². The van der Waals surface area contributed by atoms with Crippen molar-refractivity contribution in [1.29, 1.82) is 0 Å². The van der Waals surface area contributed by atoms with Crippen molar-refractivity contribution in [1.82, 2.24) is 24.9 Å². The van der Waals surface area contributed by atoms with Crippen molar-refractivity contribution in [2.75, 3.05) is 6.54 Å². The zero-order valence-electron chi connectivity index (χ0n) is 17.1. The zero-order valence-corrected chi connectivity index (χ0v) is 17.1. The number of halogens is 3. The van der Waals surface area contributed by atoms with Gasteiger partial charge in [0.15, 0.2) is 5.69 Å². The van der Waals surface area contributed by atoms with E-state index in [1.54, 1.807) is 13.0 Å². The average Bonchev–Trinajstić information content (AvgIpc) is 3.20. The molecule has 0 atom stereocenters. The number of nitrogens with one attached hydrogen (secondary N) is 1. The number of nitrogens with zero attached hydrogens (tertiary/aromatic N) is 4. The van der Waals surface area contributed by atoms with Gasteiger partial charge in [-0.25, -0.2) is 0 Å². The minimum absolute atomic E-state index is 0.224. The van der Waals surface area contributed by atoms with Crippen LogP contribution in [0.1, 0.15) is 45.1 Å². The highest BCUT2D eigenvalue weighted by molar-refractivity contribution is 5.94. The number of carbonyl (C=O) groups excluding carboxylic acids is 1. The lowest BCUT2D eigenvalue weighted by Gasteiger charge is -2.09. The van der Waals surface area contributed by atoms with E-state index in [9.17, 15) is 18.0 Å². The van der Waals surface area contributed by atoms with Gasteiger partial charge in [0.25, 0.3) is 5.91 Å². The summed E-state index contributed by atoms with van der Waals surface area (Å²) in [6, 6.07) is 10.3. The van der Waals surface area contributed by atoms with Crippen LogP contribution in [0.25, 0.3) is 0 Å². The second-order valence-corrected chi connectivity index (χ2v) is 7.29. The quantitative estimate of drug-likeness (QED) is 0.591.